The monoisotopic (exact) mass is 284 g/mol. The maximum atomic E-state index is 10.8. The number of carbonyl (C=O) groups is 1. The maximum absolute atomic E-state index is 10.8. The summed E-state index contributed by atoms with van der Waals surface area (Å²) in [6.45, 7) is 4.75. The minimum absolute atomic E-state index is 0.284. The maximum Gasteiger partial charge on any atom is 0.303 e. The van der Waals surface area contributed by atoms with Gasteiger partial charge >= 0.3 is 5.97 Å². The third-order valence-corrected chi connectivity index (χ3v) is 4.16. The van der Waals surface area contributed by atoms with Crippen molar-refractivity contribution >= 4 is 16.9 Å². The van der Waals surface area contributed by atoms with Crippen LogP contribution in [0.2, 0.25) is 0 Å². The minimum Gasteiger partial charge on any atom is -0.481 e. The van der Waals surface area contributed by atoms with Crippen LogP contribution in [-0.2, 0) is 11.3 Å². The first-order valence-electron chi connectivity index (χ1n) is 7.41. The summed E-state index contributed by atoms with van der Waals surface area (Å²) in [4.78, 5) is 17.7. The van der Waals surface area contributed by atoms with E-state index in [1.165, 1.54) is 10.9 Å². The molecule has 1 aromatic carbocycles. The molecule has 0 spiro atoms. The number of nitrogens with zero attached hydrogens (tertiary/aromatic N) is 2. The molecule has 0 bridgehead atoms. The highest BCUT2D eigenvalue weighted by molar-refractivity contribution is 5.82. The van der Waals surface area contributed by atoms with Crippen molar-refractivity contribution in [2.45, 2.75) is 26.3 Å². The fourth-order valence-corrected chi connectivity index (χ4v) is 3.24. The third-order valence-electron chi connectivity index (χ3n) is 4.16. The number of aromatic nitrogens is 1. The molecule has 2 heterocycles. The normalized spacial score (nSPS) is 19.2. The molecule has 2 aromatic rings. The van der Waals surface area contributed by atoms with Crippen molar-refractivity contribution in [2.24, 2.45) is 5.92 Å². The van der Waals surface area contributed by atoms with E-state index < -0.39 is 5.97 Å². The number of hydrogen-bond donors (Lipinski definition) is 1. The van der Waals surface area contributed by atoms with Crippen molar-refractivity contribution in [1.29, 1.82) is 0 Å². The predicted molar refractivity (Wildman–Crippen MR) is 82.1 cm³/mol. The minimum atomic E-state index is -0.688. The van der Waals surface area contributed by atoms with Gasteiger partial charge in [0.1, 0.15) is 0 Å². The van der Waals surface area contributed by atoms with Crippen molar-refractivity contribution in [2.75, 3.05) is 13.1 Å². The first-order valence-corrected chi connectivity index (χ1v) is 7.41. The van der Waals surface area contributed by atoms with E-state index in [2.05, 4.69) is 22.0 Å². The van der Waals surface area contributed by atoms with Crippen LogP contribution in [0.15, 0.2) is 30.3 Å². The lowest BCUT2D eigenvalue weighted by Gasteiger charge is -2.17. The van der Waals surface area contributed by atoms with Gasteiger partial charge in [-0.3, -0.25) is 14.7 Å². The highest BCUT2D eigenvalue weighted by Crippen LogP contribution is 2.24. The second-order valence-electron chi connectivity index (χ2n) is 5.93. The Morgan fingerprint density at radius 2 is 2.24 bits per heavy atom. The van der Waals surface area contributed by atoms with E-state index in [1.807, 2.05) is 25.1 Å². The van der Waals surface area contributed by atoms with Crippen LogP contribution in [0.4, 0.5) is 0 Å². The number of rotatable bonds is 4. The molecule has 4 nitrogen and oxygen atoms in total. The number of benzene rings is 1. The van der Waals surface area contributed by atoms with Crippen LogP contribution in [0.1, 0.15) is 24.1 Å². The zero-order valence-electron chi connectivity index (χ0n) is 12.2. The smallest absolute Gasteiger partial charge is 0.303 e. The lowest BCUT2D eigenvalue weighted by molar-refractivity contribution is -0.138. The summed E-state index contributed by atoms with van der Waals surface area (Å²) in [6, 6.07) is 10.4. The van der Waals surface area contributed by atoms with E-state index in [9.17, 15) is 4.79 Å². The van der Waals surface area contributed by atoms with Gasteiger partial charge in [-0.05, 0) is 43.5 Å². The van der Waals surface area contributed by atoms with Crippen LogP contribution >= 0.6 is 0 Å². The molecule has 21 heavy (non-hydrogen) atoms. The number of likely N-dealkylation sites (tertiary alicyclic amines) is 1. The topological polar surface area (TPSA) is 53.4 Å². The van der Waals surface area contributed by atoms with Gasteiger partial charge in [-0.15, -0.1) is 0 Å². The lowest BCUT2D eigenvalue weighted by atomic mass is 10.1. The molecule has 1 N–H and O–H groups in total. The molecule has 1 saturated heterocycles. The van der Waals surface area contributed by atoms with E-state index in [-0.39, 0.29) is 12.3 Å². The van der Waals surface area contributed by atoms with Gasteiger partial charge < -0.3 is 5.11 Å². The lowest BCUT2D eigenvalue weighted by Crippen LogP contribution is -2.21. The van der Waals surface area contributed by atoms with Gasteiger partial charge in [0.25, 0.3) is 0 Å². The van der Waals surface area contributed by atoms with E-state index in [0.29, 0.717) is 0 Å². The summed E-state index contributed by atoms with van der Waals surface area (Å²) in [5.41, 5.74) is 3.35. The molecular weight excluding hydrogens is 264 g/mol. The molecule has 1 unspecified atom stereocenters. The molecule has 0 amide bonds. The highest BCUT2D eigenvalue weighted by Gasteiger charge is 2.24. The molecule has 1 aliphatic heterocycles. The zero-order valence-corrected chi connectivity index (χ0v) is 12.2. The molecular formula is C17H20N2O2. The van der Waals surface area contributed by atoms with Gasteiger partial charge in [-0.25, -0.2) is 0 Å². The van der Waals surface area contributed by atoms with E-state index in [0.717, 1.165) is 37.3 Å². The Kier molecular flexibility index (Phi) is 3.88. The van der Waals surface area contributed by atoms with Gasteiger partial charge in [0.15, 0.2) is 0 Å². The van der Waals surface area contributed by atoms with E-state index in [1.54, 1.807) is 0 Å². The average Bonchev–Trinajstić information content (AvgIpc) is 2.85. The van der Waals surface area contributed by atoms with Crippen LogP contribution in [0, 0.1) is 12.8 Å². The number of fused-ring (bicyclic) bond motifs is 1. The van der Waals surface area contributed by atoms with Gasteiger partial charge in [0.2, 0.25) is 0 Å². The Hall–Kier alpha value is -1.94. The molecule has 0 aliphatic carbocycles. The molecule has 0 radical (unpaired) electrons. The number of aryl methyl sites for hydroxylation is 1. The number of carboxylic acids is 1. The molecule has 4 heteroatoms. The largest absolute Gasteiger partial charge is 0.481 e. The molecule has 110 valence electrons. The fraction of sp³-hybridized carbons (Fsp3) is 0.412. The average molecular weight is 284 g/mol. The summed E-state index contributed by atoms with van der Waals surface area (Å²) >= 11 is 0. The molecule has 3 rings (SSSR count). The van der Waals surface area contributed by atoms with Gasteiger partial charge in [-0.1, -0.05) is 18.2 Å². The first-order chi connectivity index (χ1) is 10.1. The van der Waals surface area contributed by atoms with Gasteiger partial charge in [-0.2, -0.15) is 0 Å². The molecule has 1 fully saturated rings. The van der Waals surface area contributed by atoms with Gasteiger partial charge in [0.05, 0.1) is 5.52 Å². The summed E-state index contributed by atoms with van der Waals surface area (Å²) in [6.07, 6.45) is 1.26. The Morgan fingerprint density at radius 3 is 3.05 bits per heavy atom. The van der Waals surface area contributed by atoms with Crippen molar-refractivity contribution in [3.05, 3.63) is 41.6 Å². The third kappa shape index (κ3) is 3.22. The molecule has 1 atom stereocenters. The van der Waals surface area contributed by atoms with E-state index >= 15 is 0 Å². The Labute approximate surface area is 124 Å². The zero-order chi connectivity index (χ0) is 14.8. The SMILES string of the molecule is Cc1cc(CN2CCC(CC(=O)O)C2)c2ccccc2n1. The van der Waals surface area contributed by atoms with Crippen molar-refractivity contribution in [3.63, 3.8) is 0 Å². The summed E-state index contributed by atoms with van der Waals surface area (Å²) < 4.78 is 0. The standard InChI is InChI=1S/C17H20N2O2/c1-12-8-14(15-4-2-3-5-16(15)18-12)11-19-7-6-13(10-19)9-17(20)21/h2-5,8,13H,6-7,9-11H2,1H3,(H,20,21). The van der Waals surface area contributed by atoms with Crippen molar-refractivity contribution in [1.82, 2.24) is 9.88 Å². The predicted octanol–water partition coefficient (Wildman–Crippen LogP) is 2.84. The second kappa shape index (κ2) is 5.82. The highest BCUT2D eigenvalue weighted by atomic mass is 16.4. The number of carboxylic acid groups (broad SMARTS) is 1. The van der Waals surface area contributed by atoms with E-state index in [4.69, 9.17) is 5.11 Å². The summed E-state index contributed by atoms with van der Waals surface area (Å²) in [7, 11) is 0. The van der Waals surface area contributed by atoms with Crippen LogP contribution in [-0.4, -0.2) is 34.0 Å². The van der Waals surface area contributed by atoms with Crippen LogP contribution in [0.25, 0.3) is 10.9 Å². The first kappa shape index (κ1) is 14.0. The van der Waals surface area contributed by atoms with Gasteiger partial charge in [0, 0.05) is 30.6 Å². The van der Waals surface area contributed by atoms with Crippen LogP contribution < -0.4 is 0 Å². The van der Waals surface area contributed by atoms with Crippen LogP contribution in [0.5, 0.6) is 0 Å². The molecule has 0 saturated carbocycles. The fourth-order valence-electron chi connectivity index (χ4n) is 3.24. The number of pyridine rings is 1. The summed E-state index contributed by atoms with van der Waals surface area (Å²) in [5.74, 6) is -0.399. The second-order valence-corrected chi connectivity index (χ2v) is 5.93. The number of hydrogen-bond acceptors (Lipinski definition) is 3. The number of aliphatic carboxylic acids is 1. The van der Waals surface area contributed by atoms with Crippen LogP contribution in [0.3, 0.4) is 0 Å². The Bertz CT molecular complexity index is 669. The summed E-state index contributed by atoms with van der Waals surface area (Å²) in [5, 5.41) is 10.1. The molecule has 1 aromatic heterocycles. The Morgan fingerprint density at radius 1 is 1.43 bits per heavy atom. The van der Waals surface area contributed by atoms with Crippen molar-refractivity contribution < 1.29 is 9.90 Å². The quantitative estimate of drug-likeness (QED) is 0.938. The molecule has 1 aliphatic rings. The Balaban J connectivity index is 1.78. The van der Waals surface area contributed by atoms with Crippen molar-refractivity contribution in [3.8, 4) is 0 Å². The number of para-hydroxylation sites is 1.